The van der Waals surface area contributed by atoms with Crippen molar-refractivity contribution >= 4 is 29.3 Å². The van der Waals surface area contributed by atoms with Crippen molar-refractivity contribution in [3.05, 3.63) is 28.0 Å². The lowest BCUT2D eigenvalue weighted by molar-refractivity contribution is -0.131. The Kier molecular flexibility index (Phi) is 6.89. The minimum Gasteiger partial charge on any atom is -0.478 e. The Hall–Kier alpha value is -1.62. The number of rotatable bonds is 8. The van der Waals surface area contributed by atoms with Gasteiger partial charge in [0.2, 0.25) is 5.91 Å². The molecule has 19 heavy (non-hydrogen) atoms. The summed E-state index contributed by atoms with van der Waals surface area (Å²) < 4.78 is 0. The van der Waals surface area contributed by atoms with Gasteiger partial charge < -0.3 is 10.4 Å². The molecule has 0 bridgehead atoms. The molecule has 5 heteroatoms. The van der Waals surface area contributed by atoms with Crippen molar-refractivity contribution in [2.24, 2.45) is 0 Å². The third-order valence-corrected chi connectivity index (χ3v) is 3.59. The highest BCUT2D eigenvalue weighted by molar-refractivity contribution is 7.12. The molecule has 1 amide bonds. The second kappa shape index (κ2) is 8.48. The van der Waals surface area contributed by atoms with E-state index in [9.17, 15) is 9.59 Å². The summed E-state index contributed by atoms with van der Waals surface area (Å²) in [6.45, 7) is 2.62. The van der Waals surface area contributed by atoms with Crippen LogP contribution < -0.4 is 5.32 Å². The first-order chi connectivity index (χ1) is 9.11. The number of thiophene rings is 1. The molecule has 0 fully saturated rings. The molecule has 0 unspecified atom stereocenters. The average Bonchev–Trinajstić information content (AvgIpc) is 2.82. The minimum atomic E-state index is -0.959. The van der Waals surface area contributed by atoms with Crippen LogP contribution in [0.2, 0.25) is 0 Å². The predicted molar refractivity (Wildman–Crippen MR) is 77.0 cm³/mol. The maximum atomic E-state index is 11.5. The highest BCUT2D eigenvalue weighted by atomic mass is 32.1. The smallest absolute Gasteiger partial charge is 0.328 e. The van der Waals surface area contributed by atoms with E-state index in [4.69, 9.17) is 5.11 Å². The van der Waals surface area contributed by atoms with Gasteiger partial charge in [-0.2, -0.15) is 0 Å². The van der Waals surface area contributed by atoms with Crippen LogP contribution in [-0.4, -0.2) is 17.0 Å². The standard InChI is InChI=1S/C14H19NO3S/c1-2-3-4-5-13(16)15-10-12-7-6-11(19-12)8-9-14(17)18/h6-9H,2-5,10H2,1H3,(H,15,16)(H,17,18). The molecule has 4 nitrogen and oxygen atoms in total. The highest BCUT2D eigenvalue weighted by Gasteiger charge is 2.02. The largest absolute Gasteiger partial charge is 0.478 e. The summed E-state index contributed by atoms with van der Waals surface area (Å²) in [7, 11) is 0. The van der Waals surface area contributed by atoms with Crippen molar-refractivity contribution in [2.45, 2.75) is 39.2 Å². The van der Waals surface area contributed by atoms with Gasteiger partial charge in [-0.15, -0.1) is 11.3 Å². The first kappa shape index (κ1) is 15.4. The Labute approximate surface area is 117 Å². The van der Waals surface area contributed by atoms with Gasteiger partial charge in [-0.3, -0.25) is 4.79 Å². The Bertz CT molecular complexity index is 451. The number of carbonyl (C=O) groups is 2. The second-order valence-electron chi connectivity index (χ2n) is 4.21. The fourth-order valence-electron chi connectivity index (χ4n) is 1.54. The fraction of sp³-hybridized carbons (Fsp3) is 0.429. The fourth-order valence-corrected chi connectivity index (χ4v) is 2.40. The van der Waals surface area contributed by atoms with E-state index in [1.54, 1.807) is 6.08 Å². The molecular weight excluding hydrogens is 262 g/mol. The molecule has 1 aromatic rings. The molecule has 0 radical (unpaired) electrons. The van der Waals surface area contributed by atoms with Crippen molar-refractivity contribution < 1.29 is 14.7 Å². The number of aliphatic carboxylic acids is 1. The van der Waals surface area contributed by atoms with Gasteiger partial charge in [-0.25, -0.2) is 4.79 Å². The van der Waals surface area contributed by atoms with Gasteiger partial charge in [0.05, 0.1) is 6.54 Å². The Balaban J connectivity index is 2.33. The lowest BCUT2D eigenvalue weighted by atomic mass is 10.2. The van der Waals surface area contributed by atoms with Crippen LogP contribution in [-0.2, 0) is 16.1 Å². The summed E-state index contributed by atoms with van der Waals surface area (Å²) in [6, 6.07) is 3.75. The molecule has 1 rings (SSSR count). The normalized spacial score (nSPS) is 10.8. The van der Waals surface area contributed by atoms with Gasteiger partial charge in [-0.1, -0.05) is 19.8 Å². The number of carbonyl (C=O) groups excluding carboxylic acids is 1. The zero-order valence-electron chi connectivity index (χ0n) is 11.0. The highest BCUT2D eigenvalue weighted by Crippen LogP contribution is 2.17. The number of hydrogen-bond donors (Lipinski definition) is 2. The van der Waals surface area contributed by atoms with Crippen molar-refractivity contribution in [2.75, 3.05) is 0 Å². The molecule has 0 saturated heterocycles. The summed E-state index contributed by atoms with van der Waals surface area (Å²) in [5.74, 6) is -0.886. The van der Waals surface area contributed by atoms with E-state index in [0.717, 1.165) is 35.1 Å². The number of nitrogens with one attached hydrogen (secondary N) is 1. The molecule has 1 heterocycles. The zero-order chi connectivity index (χ0) is 14.1. The average molecular weight is 281 g/mol. The molecule has 0 aliphatic heterocycles. The van der Waals surface area contributed by atoms with Crippen LogP contribution >= 0.6 is 11.3 Å². The molecule has 0 saturated carbocycles. The number of hydrogen-bond acceptors (Lipinski definition) is 3. The maximum Gasteiger partial charge on any atom is 0.328 e. The first-order valence-corrected chi connectivity index (χ1v) is 7.20. The van der Waals surface area contributed by atoms with Crippen LogP contribution in [0.4, 0.5) is 0 Å². The van der Waals surface area contributed by atoms with Gasteiger partial charge >= 0.3 is 5.97 Å². The van der Waals surface area contributed by atoms with Crippen molar-refractivity contribution in [3.8, 4) is 0 Å². The lowest BCUT2D eigenvalue weighted by Gasteiger charge is -2.02. The molecular formula is C14H19NO3S. The Morgan fingerprint density at radius 2 is 2.16 bits per heavy atom. The quantitative estimate of drug-likeness (QED) is 0.568. The summed E-state index contributed by atoms with van der Waals surface area (Å²) in [6.07, 6.45) is 6.36. The van der Waals surface area contributed by atoms with Crippen LogP contribution in [0.3, 0.4) is 0 Å². The van der Waals surface area contributed by atoms with Crippen LogP contribution in [0.15, 0.2) is 18.2 Å². The maximum absolute atomic E-state index is 11.5. The van der Waals surface area contributed by atoms with E-state index in [1.165, 1.54) is 11.3 Å². The predicted octanol–water partition coefficient (Wildman–Crippen LogP) is 3.04. The number of amides is 1. The summed E-state index contributed by atoms with van der Waals surface area (Å²) in [5, 5.41) is 11.4. The third-order valence-electron chi connectivity index (χ3n) is 2.54. The summed E-state index contributed by atoms with van der Waals surface area (Å²) in [4.78, 5) is 23.8. The summed E-state index contributed by atoms with van der Waals surface area (Å²) in [5.41, 5.74) is 0. The SMILES string of the molecule is CCCCCC(=O)NCc1ccc(C=CC(=O)O)s1. The van der Waals surface area contributed by atoms with Crippen LogP contribution in [0.25, 0.3) is 6.08 Å². The molecule has 0 aliphatic carbocycles. The van der Waals surface area contributed by atoms with Crippen molar-refractivity contribution in [3.63, 3.8) is 0 Å². The van der Waals surface area contributed by atoms with E-state index in [1.807, 2.05) is 12.1 Å². The third kappa shape index (κ3) is 6.76. The number of unbranched alkanes of at least 4 members (excludes halogenated alkanes) is 2. The second-order valence-corrected chi connectivity index (χ2v) is 5.41. The van der Waals surface area contributed by atoms with E-state index in [2.05, 4.69) is 12.2 Å². The first-order valence-electron chi connectivity index (χ1n) is 6.38. The Morgan fingerprint density at radius 3 is 2.84 bits per heavy atom. The van der Waals surface area contributed by atoms with Crippen molar-refractivity contribution in [1.29, 1.82) is 0 Å². The van der Waals surface area contributed by atoms with Gasteiger partial charge in [-0.05, 0) is 24.6 Å². The number of carboxylic acids is 1. The van der Waals surface area contributed by atoms with E-state index in [0.29, 0.717) is 13.0 Å². The molecule has 0 aromatic carbocycles. The molecule has 0 atom stereocenters. The lowest BCUT2D eigenvalue weighted by Crippen LogP contribution is -2.21. The van der Waals surface area contributed by atoms with E-state index < -0.39 is 5.97 Å². The van der Waals surface area contributed by atoms with E-state index in [-0.39, 0.29) is 5.91 Å². The Morgan fingerprint density at radius 1 is 1.37 bits per heavy atom. The van der Waals surface area contributed by atoms with Crippen molar-refractivity contribution in [1.82, 2.24) is 5.32 Å². The zero-order valence-corrected chi connectivity index (χ0v) is 11.8. The van der Waals surface area contributed by atoms with Crippen LogP contribution in [0.5, 0.6) is 0 Å². The van der Waals surface area contributed by atoms with Gasteiger partial charge in [0, 0.05) is 22.3 Å². The van der Waals surface area contributed by atoms with Gasteiger partial charge in [0.25, 0.3) is 0 Å². The molecule has 1 aromatic heterocycles. The topological polar surface area (TPSA) is 66.4 Å². The monoisotopic (exact) mass is 281 g/mol. The molecule has 0 spiro atoms. The summed E-state index contributed by atoms with van der Waals surface area (Å²) >= 11 is 1.48. The van der Waals surface area contributed by atoms with Crippen LogP contribution in [0, 0.1) is 0 Å². The van der Waals surface area contributed by atoms with E-state index >= 15 is 0 Å². The molecule has 0 aliphatic rings. The van der Waals surface area contributed by atoms with Gasteiger partial charge in [0.1, 0.15) is 0 Å². The molecule has 2 N–H and O–H groups in total. The van der Waals surface area contributed by atoms with Crippen LogP contribution in [0.1, 0.15) is 42.4 Å². The molecule has 104 valence electrons. The minimum absolute atomic E-state index is 0.0736. The number of carboxylic acid groups (broad SMARTS) is 1. The van der Waals surface area contributed by atoms with Gasteiger partial charge in [0.15, 0.2) is 0 Å².